The van der Waals surface area contributed by atoms with Gasteiger partial charge in [-0.25, -0.2) is 0 Å². The van der Waals surface area contributed by atoms with Crippen LogP contribution in [0.3, 0.4) is 0 Å². The van der Waals surface area contributed by atoms with Crippen molar-refractivity contribution in [3.8, 4) is 0 Å². The van der Waals surface area contributed by atoms with Crippen LogP contribution in [0.4, 0.5) is 5.00 Å². The van der Waals surface area contributed by atoms with Crippen LogP contribution in [-0.2, 0) is 4.74 Å². The number of anilines is 1. The molecule has 0 saturated carbocycles. The Morgan fingerprint density at radius 2 is 2.04 bits per heavy atom. The van der Waals surface area contributed by atoms with Crippen LogP contribution in [0.5, 0.6) is 0 Å². The smallest absolute Gasteiger partial charge is 0.191 e. The first-order valence-corrected chi connectivity index (χ1v) is 10.9. The number of aliphatic imine (C=N–C) groups is 1. The second-order valence-electron chi connectivity index (χ2n) is 6.93. The molecule has 3 rings (SSSR count). The van der Waals surface area contributed by atoms with Crippen LogP contribution >= 0.6 is 35.3 Å². The fourth-order valence-electron chi connectivity index (χ4n) is 3.52. The molecule has 2 fully saturated rings. The van der Waals surface area contributed by atoms with Crippen molar-refractivity contribution in [2.24, 2.45) is 4.99 Å². The van der Waals surface area contributed by atoms with Gasteiger partial charge in [-0.1, -0.05) is 0 Å². The minimum Gasteiger partial charge on any atom is -0.379 e. The third-order valence-corrected chi connectivity index (χ3v) is 5.93. The zero-order chi connectivity index (χ0) is 18.0. The topological polar surface area (TPSA) is 52.1 Å². The molecule has 3 heterocycles. The number of ether oxygens (including phenoxy) is 1. The van der Waals surface area contributed by atoms with Crippen molar-refractivity contribution in [2.75, 3.05) is 63.9 Å². The number of rotatable bonds is 7. The maximum absolute atomic E-state index is 5.40. The van der Waals surface area contributed by atoms with E-state index in [1.807, 2.05) is 11.3 Å². The number of nitrogens with one attached hydrogen (secondary N) is 2. The van der Waals surface area contributed by atoms with Crippen LogP contribution in [0.1, 0.15) is 26.2 Å². The number of guanidine groups is 1. The number of thiophene rings is 1. The van der Waals surface area contributed by atoms with Crippen LogP contribution in [0.15, 0.2) is 22.5 Å². The van der Waals surface area contributed by atoms with Crippen LogP contribution in [0.25, 0.3) is 0 Å². The Morgan fingerprint density at radius 1 is 1.26 bits per heavy atom. The van der Waals surface area contributed by atoms with Crippen molar-refractivity contribution in [3.63, 3.8) is 0 Å². The van der Waals surface area contributed by atoms with Crippen molar-refractivity contribution in [2.45, 2.75) is 32.2 Å². The normalized spacial score (nSPS) is 19.6. The van der Waals surface area contributed by atoms with E-state index in [0.29, 0.717) is 6.04 Å². The summed E-state index contributed by atoms with van der Waals surface area (Å²) in [4.78, 5) is 9.75. The molecule has 0 radical (unpaired) electrons. The molecule has 6 nitrogen and oxygen atoms in total. The first-order valence-electron chi connectivity index (χ1n) is 9.98. The van der Waals surface area contributed by atoms with Gasteiger partial charge in [-0.15, -0.1) is 35.3 Å². The fraction of sp³-hybridized carbons (Fsp3) is 0.737. The molecule has 0 spiro atoms. The number of hydrogen-bond acceptors (Lipinski definition) is 5. The lowest BCUT2D eigenvalue weighted by molar-refractivity contribution is 0.0377. The lowest BCUT2D eigenvalue weighted by Gasteiger charge is -2.33. The summed E-state index contributed by atoms with van der Waals surface area (Å²) in [5, 5.41) is 10.6. The molecular weight excluding hydrogens is 473 g/mol. The van der Waals surface area contributed by atoms with Crippen molar-refractivity contribution in [1.82, 2.24) is 15.5 Å². The van der Waals surface area contributed by atoms with Gasteiger partial charge >= 0.3 is 0 Å². The molecular formula is C19H34IN5OS. The van der Waals surface area contributed by atoms with E-state index in [4.69, 9.17) is 9.73 Å². The van der Waals surface area contributed by atoms with Crippen molar-refractivity contribution in [1.29, 1.82) is 0 Å². The predicted octanol–water partition coefficient (Wildman–Crippen LogP) is 2.61. The molecule has 0 aromatic carbocycles. The number of morpholine rings is 1. The van der Waals surface area contributed by atoms with E-state index >= 15 is 0 Å². The van der Waals surface area contributed by atoms with Gasteiger partial charge in [-0.3, -0.25) is 9.89 Å². The maximum Gasteiger partial charge on any atom is 0.191 e. The second kappa shape index (κ2) is 12.8. The Bertz CT molecular complexity index is 528. The molecule has 27 heavy (non-hydrogen) atoms. The highest BCUT2D eigenvalue weighted by atomic mass is 127. The Labute approximate surface area is 184 Å². The van der Waals surface area contributed by atoms with Gasteiger partial charge in [0.05, 0.1) is 18.2 Å². The lowest BCUT2D eigenvalue weighted by Crippen LogP contribution is -2.48. The Morgan fingerprint density at radius 3 is 2.70 bits per heavy atom. The maximum atomic E-state index is 5.40. The van der Waals surface area contributed by atoms with Gasteiger partial charge in [-0.05, 0) is 43.7 Å². The third-order valence-electron chi connectivity index (χ3n) is 5.00. The number of nitrogens with zero attached hydrogens (tertiary/aromatic N) is 3. The minimum atomic E-state index is 0. The standard InChI is InChI=1S/C19H33N5OS.HI/c1-2-20-19(21-8-4-9-23-12-14-25-15-13-23)22-17-6-10-24(11-7-17)18-5-3-16-26-18;/h3,5,16-17H,2,4,6-15H2,1H3,(H2,20,21,22);1H. The van der Waals surface area contributed by atoms with Crippen molar-refractivity contribution < 1.29 is 4.74 Å². The van der Waals surface area contributed by atoms with Gasteiger partial charge in [0, 0.05) is 51.9 Å². The highest BCUT2D eigenvalue weighted by molar-refractivity contribution is 14.0. The molecule has 1 aromatic rings. The number of hydrogen-bond donors (Lipinski definition) is 2. The summed E-state index contributed by atoms with van der Waals surface area (Å²) in [5.74, 6) is 0.976. The summed E-state index contributed by atoms with van der Waals surface area (Å²) in [6.45, 7) is 11.1. The summed E-state index contributed by atoms with van der Waals surface area (Å²) in [6, 6.07) is 4.87. The lowest BCUT2D eigenvalue weighted by atomic mass is 10.1. The summed E-state index contributed by atoms with van der Waals surface area (Å²) in [7, 11) is 0. The van der Waals surface area contributed by atoms with E-state index in [1.165, 1.54) is 5.00 Å². The SMILES string of the molecule is CCNC(=NCCCN1CCOCC1)NC1CCN(c2cccs2)CC1.I. The predicted molar refractivity (Wildman–Crippen MR) is 126 cm³/mol. The van der Waals surface area contributed by atoms with E-state index in [9.17, 15) is 0 Å². The van der Waals surface area contributed by atoms with Gasteiger partial charge in [-0.2, -0.15) is 0 Å². The number of piperidine rings is 1. The quantitative estimate of drug-likeness (QED) is 0.257. The molecule has 2 aliphatic heterocycles. The molecule has 154 valence electrons. The van der Waals surface area contributed by atoms with E-state index in [0.717, 1.165) is 84.2 Å². The van der Waals surface area contributed by atoms with Gasteiger partial charge < -0.3 is 20.3 Å². The molecule has 0 atom stereocenters. The Kier molecular flexibility index (Phi) is 10.8. The van der Waals surface area contributed by atoms with Crippen LogP contribution < -0.4 is 15.5 Å². The van der Waals surface area contributed by atoms with E-state index in [1.54, 1.807) is 0 Å². The highest BCUT2D eigenvalue weighted by Crippen LogP contribution is 2.24. The largest absolute Gasteiger partial charge is 0.379 e. The van der Waals surface area contributed by atoms with Crippen LogP contribution in [-0.4, -0.2) is 75.9 Å². The Balaban J connectivity index is 0.00000261. The third kappa shape index (κ3) is 7.75. The van der Waals surface area contributed by atoms with Crippen LogP contribution in [0, 0.1) is 0 Å². The molecule has 2 aliphatic rings. The molecule has 2 saturated heterocycles. The first kappa shape index (κ1) is 22.7. The molecule has 1 aromatic heterocycles. The van der Waals surface area contributed by atoms with Gasteiger partial charge in [0.1, 0.15) is 0 Å². The van der Waals surface area contributed by atoms with Gasteiger partial charge in [0.2, 0.25) is 0 Å². The van der Waals surface area contributed by atoms with E-state index in [-0.39, 0.29) is 24.0 Å². The first-order chi connectivity index (χ1) is 12.8. The van der Waals surface area contributed by atoms with E-state index in [2.05, 4.69) is 44.9 Å². The molecule has 2 N–H and O–H groups in total. The van der Waals surface area contributed by atoms with Crippen LogP contribution in [0.2, 0.25) is 0 Å². The van der Waals surface area contributed by atoms with E-state index < -0.39 is 0 Å². The summed E-state index contributed by atoms with van der Waals surface area (Å²) < 4.78 is 5.40. The average molecular weight is 507 g/mol. The molecule has 0 bridgehead atoms. The molecule has 0 amide bonds. The molecule has 0 aliphatic carbocycles. The molecule has 0 unspecified atom stereocenters. The fourth-order valence-corrected chi connectivity index (χ4v) is 4.30. The number of halogens is 1. The summed E-state index contributed by atoms with van der Waals surface area (Å²) >= 11 is 1.84. The highest BCUT2D eigenvalue weighted by Gasteiger charge is 2.20. The monoisotopic (exact) mass is 507 g/mol. The van der Waals surface area contributed by atoms with Gasteiger partial charge in [0.25, 0.3) is 0 Å². The second-order valence-corrected chi connectivity index (χ2v) is 7.85. The Hall–Kier alpha value is -0.580. The zero-order valence-corrected chi connectivity index (χ0v) is 19.5. The molecule has 8 heteroatoms. The van der Waals surface area contributed by atoms with Crippen molar-refractivity contribution >= 4 is 46.3 Å². The van der Waals surface area contributed by atoms with Gasteiger partial charge in [0.15, 0.2) is 5.96 Å². The van der Waals surface area contributed by atoms with Crippen molar-refractivity contribution in [3.05, 3.63) is 17.5 Å². The minimum absolute atomic E-state index is 0. The summed E-state index contributed by atoms with van der Waals surface area (Å²) in [5.41, 5.74) is 0. The summed E-state index contributed by atoms with van der Waals surface area (Å²) in [6.07, 6.45) is 3.43. The average Bonchev–Trinajstić information content (AvgIpc) is 3.21. The zero-order valence-electron chi connectivity index (χ0n) is 16.4.